The molecular formula is C13H13FN2. The molecular weight excluding hydrogens is 203 g/mol. The average Bonchev–Trinajstić information content (AvgIpc) is 2.63. The van der Waals surface area contributed by atoms with Gasteiger partial charge in [0.25, 0.3) is 0 Å². The molecule has 0 aliphatic heterocycles. The number of fused-ring (bicyclic) bond motifs is 1. The molecule has 0 fully saturated rings. The number of benzene rings is 1. The van der Waals surface area contributed by atoms with Crippen LogP contribution in [0.25, 0.3) is 10.9 Å². The van der Waals surface area contributed by atoms with E-state index >= 15 is 0 Å². The Kier molecular flexibility index (Phi) is 2.91. The maximum absolute atomic E-state index is 13.1. The fourth-order valence-corrected chi connectivity index (χ4v) is 1.87. The van der Waals surface area contributed by atoms with Gasteiger partial charge in [-0.15, -0.1) is 0 Å². The first-order chi connectivity index (χ1) is 7.76. The molecule has 2 nitrogen and oxygen atoms in total. The fraction of sp³-hybridized carbons (Fsp3) is 0.308. The Morgan fingerprint density at radius 1 is 1.44 bits per heavy atom. The standard InChI is InChI=1S/C13H13FN2/c1-2-3-6-16-9-10(8-15)12-7-11(14)4-5-13(12)16/h4-5,7,9H,2-3,6H2,1H3. The van der Waals surface area contributed by atoms with Gasteiger partial charge in [0.05, 0.1) is 5.56 Å². The van der Waals surface area contributed by atoms with Crippen molar-refractivity contribution in [1.29, 1.82) is 5.26 Å². The van der Waals surface area contributed by atoms with E-state index in [-0.39, 0.29) is 5.82 Å². The van der Waals surface area contributed by atoms with Crippen molar-refractivity contribution in [3.05, 3.63) is 35.8 Å². The van der Waals surface area contributed by atoms with Crippen molar-refractivity contribution in [1.82, 2.24) is 4.57 Å². The van der Waals surface area contributed by atoms with Crippen molar-refractivity contribution in [2.45, 2.75) is 26.3 Å². The molecule has 1 aromatic heterocycles. The number of hydrogen-bond donors (Lipinski definition) is 0. The van der Waals surface area contributed by atoms with Crippen LogP contribution in [0.2, 0.25) is 0 Å². The molecule has 1 aromatic carbocycles. The Morgan fingerprint density at radius 3 is 2.94 bits per heavy atom. The highest BCUT2D eigenvalue weighted by Crippen LogP contribution is 2.22. The first-order valence-corrected chi connectivity index (χ1v) is 5.44. The van der Waals surface area contributed by atoms with Crippen molar-refractivity contribution >= 4 is 10.9 Å². The predicted octanol–water partition coefficient (Wildman–Crippen LogP) is 3.45. The van der Waals surface area contributed by atoms with Gasteiger partial charge >= 0.3 is 0 Å². The van der Waals surface area contributed by atoms with Crippen molar-refractivity contribution in [3.8, 4) is 6.07 Å². The van der Waals surface area contributed by atoms with Gasteiger partial charge in [0.1, 0.15) is 11.9 Å². The lowest BCUT2D eigenvalue weighted by molar-refractivity contribution is 0.628. The van der Waals surface area contributed by atoms with Crippen LogP contribution in [0.1, 0.15) is 25.3 Å². The molecule has 0 spiro atoms. The summed E-state index contributed by atoms with van der Waals surface area (Å²) < 4.78 is 15.1. The second-order valence-corrected chi connectivity index (χ2v) is 3.86. The molecule has 0 amide bonds. The lowest BCUT2D eigenvalue weighted by atomic mass is 10.2. The van der Waals surface area contributed by atoms with Crippen LogP contribution in [0.3, 0.4) is 0 Å². The van der Waals surface area contributed by atoms with Gasteiger partial charge in [-0.05, 0) is 24.6 Å². The van der Waals surface area contributed by atoms with Crippen LogP contribution in [0.15, 0.2) is 24.4 Å². The van der Waals surface area contributed by atoms with E-state index in [9.17, 15) is 4.39 Å². The maximum Gasteiger partial charge on any atom is 0.124 e. The maximum atomic E-state index is 13.1. The Labute approximate surface area is 93.9 Å². The SMILES string of the molecule is CCCCn1cc(C#N)c2cc(F)ccc21. The smallest absolute Gasteiger partial charge is 0.124 e. The van der Waals surface area contributed by atoms with E-state index in [0.29, 0.717) is 10.9 Å². The molecule has 0 bridgehead atoms. The Morgan fingerprint density at radius 2 is 2.25 bits per heavy atom. The zero-order valence-corrected chi connectivity index (χ0v) is 9.20. The van der Waals surface area contributed by atoms with Gasteiger partial charge in [-0.1, -0.05) is 13.3 Å². The third-order valence-corrected chi connectivity index (χ3v) is 2.72. The topological polar surface area (TPSA) is 28.7 Å². The van der Waals surface area contributed by atoms with Gasteiger partial charge < -0.3 is 4.57 Å². The number of aromatic nitrogens is 1. The summed E-state index contributed by atoms with van der Waals surface area (Å²) in [5.74, 6) is -0.294. The molecule has 82 valence electrons. The molecule has 2 rings (SSSR count). The van der Waals surface area contributed by atoms with Crippen LogP contribution in [-0.4, -0.2) is 4.57 Å². The van der Waals surface area contributed by atoms with Gasteiger partial charge in [-0.3, -0.25) is 0 Å². The summed E-state index contributed by atoms with van der Waals surface area (Å²) in [4.78, 5) is 0. The molecule has 0 saturated heterocycles. The molecule has 0 atom stereocenters. The summed E-state index contributed by atoms with van der Waals surface area (Å²) in [5.41, 5.74) is 1.48. The number of hydrogen-bond acceptors (Lipinski definition) is 1. The van der Waals surface area contributed by atoms with Gasteiger partial charge in [-0.25, -0.2) is 4.39 Å². The third kappa shape index (κ3) is 1.79. The molecule has 0 aliphatic rings. The minimum absolute atomic E-state index is 0.294. The van der Waals surface area contributed by atoms with Gasteiger partial charge in [-0.2, -0.15) is 5.26 Å². The van der Waals surface area contributed by atoms with E-state index in [1.165, 1.54) is 12.1 Å². The van der Waals surface area contributed by atoms with Crippen LogP contribution in [0.4, 0.5) is 4.39 Å². The summed E-state index contributed by atoms with van der Waals surface area (Å²) in [5, 5.41) is 9.69. The summed E-state index contributed by atoms with van der Waals surface area (Å²) in [6.45, 7) is 3.00. The van der Waals surface area contributed by atoms with Crippen molar-refractivity contribution in [3.63, 3.8) is 0 Å². The lowest BCUT2D eigenvalue weighted by Gasteiger charge is -2.03. The fourth-order valence-electron chi connectivity index (χ4n) is 1.87. The molecule has 0 saturated carbocycles. The summed E-state index contributed by atoms with van der Waals surface area (Å²) in [6.07, 6.45) is 3.97. The largest absolute Gasteiger partial charge is 0.346 e. The van der Waals surface area contributed by atoms with Crippen molar-refractivity contribution < 1.29 is 4.39 Å². The van der Waals surface area contributed by atoms with Crippen LogP contribution in [-0.2, 0) is 6.54 Å². The number of rotatable bonds is 3. The van der Waals surface area contributed by atoms with Crippen LogP contribution in [0, 0.1) is 17.1 Å². The highest BCUT2D eigenvalue weighted by Gasteiger charge is 2.08. The van der Waals surface area contributed by atoms with E-state index in [1.54, 1.807) is 12.3 Å². The predicted molar refractivity (Wildman–Crippen MR) is 61.5 cm³/mol. The van der Waals surface area contributed by atoms with Crippen molar-refractivity contribution in [2.75, 3.05) is 0 Å². The van der Waals surface area contributed by atoms with E-state index in [2.05, 4.69) is 13.0 Å². The molecule has 16 heavy (non-hydrogen) atoms. The summed E-state index contributed by atoms with van der Waals surface area (Å²) >= 11 is 0. The number of unbranched alkanes of at least 4 members (excludes halogenated alkanes) is 1. The molecule has 0 N–H and O–H groups in total. The second-order valence-electron chi connectivity index (χ2n) is 3.86. The van der Waals surface area contributed by atoms with E-state index in [0.717, 1.165) is 24.9 Å². The van der Waals surface area contributed by atoms with E-state index in [4.69, 9.17) is 5.26 Å². The van der Waals surface area contributed by atoms with Crippen LogP contribution < -0.4 is 0 Å². The Bertz CT molecular complexity index is 549. The second kappa shape index (κ2) is 4.36. The molecule has 0 unspecified atom stereocenters. The number of nitriles is 1. The van der Waals surface area contributed by atoms with Gasteiger partial charge in [0, 0.05) is 23.6 Å². The van der Waals surface area contributed by atoms with Crippen LogP contribution >= 0.6 is 0 Å². The molecule has 0 aliphatic carbocycles. The average molecular weight is 216 g/mol. The van der Waals surface area contributed by atoms with E-state index in [1.807, 2.05) is 4.57 Å². The summed E-state index contributed by atoms with van der Waals surface area (Å²) in [7, 11) is 0. The highest BCUT2D eigenvalue weighted by molar-refractivity contribution is 5.86. The normalized spacial score (nSPS) is 10.6. The number of halogens is 1. The van der Waals surface area contributed by atoms with Crippen molar-refractivity contribution in [2.24, 2.45) is 0 Å². The van der Waals surface area contributed by atoms with Crippen LogP contribution in [0.5, 0.6) is 0 Å². The molecule has 0 radical (unpaired) electrons. The molecule has 3 heteroatoms. The summed E-state index contributed by atoms with van der Waals surface area (Å²) in [6, 6.07) is 6.71. The monoisotopic (exact) mass is 216 g/mol. The zero-order valence-electron chi connectivity index (χ0n) is 9.20. The minimum atomic E-state index is -0.294. The molecule has 1 heterocycles. The zero-order chi connectivity index (χ0) is 11.5. The quantitative estimate of drug-likeness (QED) is 0.772. The first-order valence-electron chi connectivity index (χ1n) is 5.44. The number of aryl methyl sites for hydroxylation is 1. The van der Waals surface area contributed by atoms with Gasteiger partial charge in [0.15, 0.2) is 0 Å². The first kappa shape index (κ1) is 10.7. The minimum Gasteiger partial charge on any atom is -0.346 e. The van der Waals surface area contributed by atoms with Gasteiger partial charge in [0.2, 0.25) is 0 Å². The van der Waals surface area contributed by atoms with E-state index < -0.39 is 0 Å². The Balaban J connectivity index is 2.55. The highest BCUT2D eigenvalue weighted by atomic mass is 19.1. The Hall–Kier alpha value is -1.82. The lowest BCUT2D eigenvalue weighted by Crippen LogP contribution is -1.94. The number of nitrogens with zero attached hydrogens (tertiary/aromatic N) is 2. The molecule has 2 aromatic rings. The third-order valence-electron chi connectivity index (χ3n) is 2.72.